The van der Waals surface area contributed by atoms with Gasteiger partial charge in [-0.25, -0.2) is 4.98 Å². The monoisotopic (exact) mass is 376 g/mol. The number of rotatable bonds is 4. The van der Waals surface area contributed by atoms with Gasteiger partial charge in [0.2, 0.25) is 5.95 Å². The fourth-order valence-electron chi connectivity index (χ4n) is 3.12. The largest absolute Gasteiger partial charge is 0.486 e. The number of aromatic nitrogens is 2. The maximum Gasteiger partial charge on any atom is 0.229 e. The van der Waals surface area contributed by atoms with Crippen LogP contribution >= 0.6 is 0 Å². The molecule has 0 fully saturated rings. The van der Waals surface area contributed by atoms with E-state index >= 15 is 0 Å². The molecule has 0 bridgehead atoms. The van der Waals surface area contributed by atoms with Crippen molar-refractivity contribution in [3.8, 4) is 11.5 Å². The Morgan fingerprint density at radius 2 is 1.68 bits per heavy atom. The highest BCUT2D eigenvalue weighted by molar-refractivity contribution is 5.64. The average Bonchev–Trinajstić information content (AvgIpc) is 2.68. The van der Waals surface area contributed by atoms with Gasteiger partial charge < -0.3 is 20.1 Å². The van der Waals surface area contributed by atoms with Gasteiger partial charge in [-0.2, -0.15) is 4.98 Å². The Balaban J connectivity index is 1.54. The Labute approximate surface area is 164 Å². The van der Waals surface area contributed by atoms with Crippen LogP contribution in [0.25, 0.3) is 0 Å². The van der Waals surface area contributed by atoms with Crippen molar-refractivity contribution in [2.45, 2.75) is 26.2 Å². The van der Waals surface area contributed by atoms with Gasteiger partial charge in [-0.05, 0) is 35.2 Å². The van der Waals surface area contributed by atoms with Gasteiger partial charge >= 0.3 is 0 Å². The van der Waals surface area contributed by atoms with Crippen LogP contribution in [-0.4, -0.2) is 23.2 Å². The molecule has 0 saturated heterocycles. The van der Waals surface area contributed by atoms with Crippen molar-refractivity contribution in [2.24, 2.45) is 0 Å². The highest BCUT2D eigenvalue weighted by Gasteiger charge is 2.18. The van der Waals surface area contributed by atoms with Crippen molar-refractivity contribution in [3.05, 3.63) is 60.3 Å². The van der Waals surface area contributed by atoms with E-state index < -0.39 is 0 Å². The van der Waals surface area contributed by atoms with E-state index in [4.69, 9.17) is 9.47 Å². The SMILES string of the molecule is CC(C)(C)c1ccccc1Nc1ccnc(Nc2ccc3c(c2)OCCO3)n1. The number of nitrogens with zero attached hydrogens (tertiary/aromatic N) is 2. The molecule has 6 nitrogen and oxygen atoms in total. The van der Waals surface area contributed by atoms with Crippen LogP contribution in [0, 0.1) is 0 Å². The molecule has 2 N–H and O–H groups in total. The van der Waals surface area contributed by atoms with Gasteiger partial charge in [0.25, 0.3) is 0 Å². The molecule has 0 atom stereocenters. The molecular formula is C22H24N4O2. The van der Waals surface area contributed by atoms with Gasteiger partial charge in [-0.1, -0.05) is 39.0 Å². The molecule has 0 aliphatic carbocycles. The average molecular weight is 376 g/mol. The fourth-order valence-corrected chi connectivity index (χ4v) is 3.12. The summed E-state index contributed by atoms with van der Waals surface area (Å²) in [4.78, 5) is 8.92. The second-order valence-electron chi connectivity index (χ2n) is 7.67. The van der Waals surface area contributed by atoms with Crippen LogP contribution in [0.1, 0.15) is 26.3 Å². The van der Waals surface area contributed by atoms with Gasteiger partial charge in [0, 0.05) is 23.6 Å². The Kier molecular flexibility index (Phi) is 4.77. The zero-order valence-electron chi connectivity index (χ0n) is 16.3. The molecule has 0 radical (unpaired) electrons. The van der Waals surface area contributed by atoms with E-state index in [1.165, 1.54) is 5.56 Å². The second-order valence-corrected chi connectivity index (χ2v) is 7.67. The van der Waals surface area contributed by atoms with Crippen LogP contribution in [0.2, 0.25) is 0 Å². The van der Waals surface area contributed by atoms with Crippen molar-refractivity contribution < 1.29 is 9.47 Å². The lowest BCUT2D eigenvalue weighted by Gasteiger charge is -2.23. The standard InChI is InChI=1S/C22H24N4O2/c1-22(2,3)16-6-4-5-7-17(16)25-20-10-11-23-21(26-20)24-15-8-9-18-19(14-15)28-13-12-27-18/h4-11,14H,12-13H2,1-3H3,(H2,23,24,25,26). The molecule has 28 heavy (non-hydrogen) atoms. The highest BCUT2D eigenvalue weighted by Crippen LogP contribution is 2.34. The third-order valence-corrected chi connectivity index (χ3v) is 4.45. The van der Waals surface area contributed by atoms with Crippen molar-refractivity contribution in [2.75, 3.05) is 23.8 Å². The second kappa shape index (κ2) is 7.38. The first-order valence-corrected chi connectivity index (χ1v) is 9.35. The summed E-state index contributed by atoms with van der Waals surface area (Å²) >= 11 is 0. The lowest BCUT2D eigenvalue weighted by molar-refractivity contribution is 0.171. The molecule has 1 aliphatic heterocycles. The minimum absolute atomic E-state index is 0.0307. The zero-order chi connectivity index (χ0) is 19.6. The molecule has 6 heteroatoms. The third kappa shape index (κ3) is 4.01. The summed E-state index contributed by atoms with van der Waals surface area (Å²) in [6.07, 6.45) is 1.73. The van der Waals surface area contributed by atoms with Gasteiger partial charge in [-0.15, -0.1) is 0 Å². The maximum atomic E-state index is 5.63. The topological polar surface area (TPSA) is 68.3 Å². The molecule has 0 saturated carbocycles. The Bertz CT molecular complexity index is 982. The molecule has 0 unspecified atom stereocenters. The maximum absolute atomic E-state index is 5.63. The van der Waals surface area contributed by atoms with Crippen molar-refractivity contribution in [1.82, 2.24) is 9.97 Å². The molecule has 3 aromatic rings. The van der Waals surface area contributed by atoms with Crippen LogP contribution in [-0.2, 0) is 5.41 Å². The predicted octanol–water partition coefficient (Wildman–Crippen LogP) is 5.03. The van der Waals surface area contributed by atoms with E-state index in [2.05, 4.69) is 59.6 Å². The van der Waals surface area contributed by atoms with E-state index in [0.717, 1.165) is 28.7 Å². The van der Waals surface area contributed by atoms with Crippen LogP contribution in [0.15, 0.2) is 54.7 Å². The summed E-state index contributed by atoms with van der Waals surface area (Å²) in [6.45, 7) is 7.72. The minimum Gasteiger partial charge on any atom is -0.486 e. The van der Waals surface area contributed by atoms with E-state index in [1.54, 1.807) is 6.20 Å². The predicted molar refractivity (Wildman–Crippen MR) is 111 cm³/mol. The lowest BCUT2D eigenvalue weighted by Crippen LogP contribution is -2.15. The highest BCUT2D eigenvalue weighted by atomic mass is 16.6. The van der Waals surface area contributed by atoms with Crippen molar-refractivity contribution in [1.29, 1.82) is 0 Å². The number of para-hydroxylation sites is 1. The summed E-state index contributed by atoms with van der Waals surface area (Å²) in [5.74, 6) is 2.72. The molecule has 0 spiro atoms. The number of benzene rings is 2. The summed E-state index contributed by atoms with van der Waals surface area (Å²) in [5.41, 5.74) is 3.15. The fraction of sp³-hybridized carbons (Fsp3) is 0.273. The normalized spacial score (nSPS) is 13.1. The van der Waals surface area contributed by atoms with E-state index in [1.807, 2.05) is 30.3 Å². The molecule has 144 valence electrons. The lowest BCUT2D eigenvalue weighted by atomic mass is 9.86. The summed E-state index contributed by atoms with van der Waals surface area (Å²) in [5, 5.41) is 6.65. The Morgan fingerprint density at radius 1 is 0.893 bits per heavy atom. The van der Waals surface area contributed by atoms with Crippen LogP contribution in [0.5, 0.6) is 11.5 Å². The van der Waals surface area contributed by atoms with E-state index in [0.29, 0.717) is 19.2 Å². The molecular weight excluding hydrogens is 352 g/mol. The first-order valence-electron chi connectivity index (χ1n) is 9.35. The van der Waals surface area contributed by atoms with Crippen molar-refractivity contribution in [3.63, 3.8) is 0 Å². The van der Waals surface area contributed by atoms with Crippen LogP contribution in [0.3, 0.4) is 0 Å². The molecule has 0 amide bonds. The first-order chi connectivity index (χ1) is 13.5. The molecule has 2 aromatic carbocycles. The van der Waals surface area contributed by atoms with E-state index in [-0.39, 0.29) is 5.41 Å². The van der Waals surface area contributed by atoms with Crippen LogP contribution in [0.4, 0.5) is 23.1 Å². The molecule has 1 aliphatic rings. The smallest absolute Gasteiger partial charge is 0.229 e. The number of fused-ring (bicyclic) bond motifs is 1. The molecule has 2 heterocycles. The van der Waals surface area contributed by atoms with Gasteiger partial charge in [0.05, 0.1) is 0 Å². The van der Waals surface area contributed by atoms with Crippen LogP contribution < -0.4 is 20.1 Å². The van der Waals surface area contributed by atoms with Crippen molar-refractivity contribution >= 4 is 23.1 Å². The number of anilines is 4. The molecule has 4 rings (SSSR count). The number of hydrogen-bond acceptors (Lipinski definition) is 6. The first kappa shape index (κ1) is 18.1. The van der Waals surface area contributed by atoms with Gasteiger partial charge in [0.1, 0.15) is 19.0 Å². The zero-order valence-corrected chi connectivity index (χ0v) is 16.3. The Hall–Kier alpha value is -3.28. The van der Waals surface area contributed by atoms with Gasteiger partial charge in [0.15, 0.2) is 11.5 Å². The minimum atomic E-state index is 0.0307. The van der Waals surface area contributed by atoms with E-state index in [9.17, 15) is 0 Å². The number of hydrogen-bond donors (Lipinski definition) is 2. The summed E-state index contributed by atoms with van der Waals surface area (Å²) in [7, 11) is 0. The van der Waals surface area contributed by atoms with Gasteiger partial charge in [-0.3, -0.25) is 0 Å². The molecule has 1 aromatic heterocycles. The number of ether oxygens (including phenoxy) is 2. The number of nitrogens with one attached hydrogen (secondary N) is 2. The Morgan fingerprint density at radius 3 is 2.50 bits per heavy atom. The summed E-state index contributed by atoms with van der Waals surface area (Å²) in [6, 6.07) is 15.8. The summed E-state index contributed by atoms with van der Waals surface area (Å²) < 4.78 is 11.2. The third-order valence-electron chi connectivity index (χ3n) is 4.45. The quantitative estimate of drug-likeness (QED) is 0.665.